The summed E-state index contributed by atoms with van der Waals surface area (Å²) in [5.74, 6) is 0. The molecule has 0 aromatic carbocycles. The van der Waals surface area contributed by atoms with Crippen molar-refractivity contribution in [1.29, 1.82) is 0 Å². The zero-order valence-corrected chi connectivity index (χ0v) is 14.8. The molecule has 130 valence electrons. The van der Waals surface area contributed by atoms with Gasteiger partial charge in [0.15, 0.2) is 0 Å². The molecule has 2 heterocycles. The molecule has 2 atom stereocenters. The van der Waals surface area contributed by atoms with Crippen molar-refractivity contribution < 1.29 is 13.2 Å². The molecule has 0 radical (unpaired) electrons. The van der Waals surface area contributed by atoms with E-state index in [2.05, 4.69) is 28.6 Å². The second kappa shape index (κ2) is 6.16. The number of ether oxygens (including phenoxy) is 1. The lowest BCUT2D eigenvalue weighted by Gasteiger charge is -2.57. The Balaban J connectivity index is 1.66. The number of rotatable bonds is 5. The largest absolute Gasteiger partial charge is 0.379 e. The Hall–Kier alpha value is -0.960. The minimum atomic E-state index is -3.51. The number of aromatic nitrogens is 2. The van der Waals surface area contributed by atoms with Gasteiger partial charge in [0.1, 0.15) is 4.90 Å². The van der Waals surface area contributed by atoms with E-state index in [1.165, 1.54) is 6.20 Å². The van der Waals surface area contributed by atoms with Crippen molar-refractivity contribution in [3.8, 4) is 0 Å². The first-order chi connectivity index (χ1) is 10.8. The number of morpholine rings is 1. The molecule has 2 fully saturated rings. The molecule has 0 amide bonds. The van der Waals surface area contributed by atoms with Gasteiger partial charge in [-0.3, -0.25) is 9.58 Å². The fourth-order valence-electron chi connectivity index (χ4n) is 3.52. The third-order valence-electron chi connectivity index (χ3n) is 5.24. The van der Waals surface area contributed by atoms with Crippen molar-refractivity contribution in [2.45, 2.75) is 50.7 Å². The Morgan fingerprint density at radius 1 is 1.39 bits per heavy atom. The summed E-state index contributed by atoms with van der Waals surface area (Å²) in [6, 6.07) is 0.350. The highest BCUT2D eigenvalue weighted by Gasteiger charge is 2.52. The second-order valence-electron chi connectivity index (χ2n) is 6.93. The summed E-state index contributed by atoms with van der Waals surface area (Å²) >= 11 is 0. The average Bonchev–Trinajstić information content (AvgIpc) is 3.02. The number of nitrogens with zero attached hydrogens (tertiary/aromatic N) is 3. The van der Waals surface area contributed by atoms with Crippen molar-refractivity contribution >= 4 is 10.0 Å². The third kappa shape index (κ3) is 3.17. The van der Waals surface area contributed by atoms with Crippen LogP contribution in [0.4, 0.5) is 0 Å². The van der Waals surface area contributed by atoms with Crippen molar-refractivity contribution in [2.24, 2.45) is 5.41 Å². The highest BCUT2D eigenvalue weighted by molar-refractivity contribution is 7.89. The summed E-state index contributed by atoms with van der Waals surface area (Å²) in [7, 11) is -3.51. The number of hydrogen-bond acceptors (Lipinski definition) is 5. The topological polar surface area (TPSA) is 76.5 Å². The predicted octanol–water partition coefficient (Wildman–Crippen LogP) is 0.681. The van der Waals surface area contributed by atoms with Gasteiger partial charge >= 0.3 is 0 Å². The molecule has 2 aliphatic rings. The van der Waals surface area contributed by atoms with Crippen LogP contribution in [0.15, 0.2) is 17.3 Å². The molecule has 23 heavy (non-hydrogen) atoms. The van der Waals surface area contributed by atoms with Crippen LogP contribution in [0, 0.1) is 5.41 Å². The molecule has 1 aromatic heterocycles. The molecule has 1 aromatic rings. The van der Waals surface area contributed by atoms with Gasteiger partial charge in [-0.2, -0.15) is 5.10 Å². The van der Waals surface area contributed by atoms with E-state index >= 15 is 0 Å². The third-order valence-corrected chi connectivity index (χ3v) is 6.67. The minimum absolute atomic E-state index is 0.0506. The van der Waals surface area contributed by atoms with E-state index in [9.17, 15) is 8.42 Å². The normalized spacial score (nSPS) is 28.5. The standard InChI is InChI=1S/C15H26N4O3S/c1-4-19-11-12(10-16-19)23(20,21)17-13-9-14(15(13,2)3)18-5-7-22-8-6-18/h10-11,13-14,17H,4-9H2,1-3H3. The molecule has 0 spiro atoms. The van der Waals surface area contributed by atoms with Gasteiger partial charge in [0.05, 0.1) is 19.4 Å². The van der Waals surface area contributed by atoms with E-state index in [1.54, 1.807) is 10.9 Å². The van der Waals surface area contributed by atoms with Crippen molar-refractivity contribution in [1.82, 2.24) is 19.4 Å². The first-order valence-corrected chi connectivity index (χ1v) is 9.69. The van der Waals surface area contributed by atoms with E-state index in [0.29, 0.717) is 12.6 Å². The lowest BCUT2D eigenvalue weighted by Crippen LogP contribution is -2.67. The van der Waals surface area contributed by atoms with Crippen LogP contribution >= 0.6 is 0 Å². The quantitative estimate of drug-likeness (QED) is 0.852. The van der Waals surface area contributed by atoms with Crippen LogP contribution in [0.3, 0.4) is 0 Å². The summed E-state index contributed by atoms with van der Waals surface area (Å²) in [6.07, 6.45) is 3.83. The van der Waals surface area contributed by atoms with Gasteiger partial charge < -0.3 is 4.74 Å². The number of sulfonamides is 1. The number of hydrogen-bond donors (Lipinski definition) is 1. The van der Waals surface area contributed by atoms with Gasteiger partial charge in [-0.15, -0.1) is 0 Å². The maximum atomic E-state index is 12.5. The maximum Gasteiger partial charge on any atom is 0.243 e. The van der Waals surface area contributed by atoms with E-state index in [-0.39, 0.29) is 16.4 Å². The summed E-state index contributed by atoms with van der Waals surface area (Å²) in [5, 5.41) is 4.05. The Morgan fingerprint density at radius 3 is 2.65 bits per heavy atom. The highest BCUT2D eigenvalue weighted by atomic mass is 32.2. The summed E-state index contributed by atoms with van der Waals surface area (Å²) in [4.78, 5) is 2.66. The molecular weight excluding hydrogens is 316 g/mol. The molecule has 7 nitrogen and oxygen atoms in total. The van der Waals surface area contributed by atoms with Crippen LogP contribution in [-0.4, -0.2) is 61.5 Å². The van der Waals surface area contributed by atoms with E-state index in [4.69, 9.17) is 4.74 Å². The van der Waals surface area contributed by atoms with Gasteiger partial charge in [-0.1, -0.05) is 13.8 Å². The van der Waals surface area contributed by atoms with Gasteiger partial charge in [-0.05, 0) is 18.8 Å². The van der Waals surface area contributed by atoms with Gasteiger partial charge in [0.25, 0.3) is 0 Å². The Kier molecular flexibility index (Phi) is 4.52. The molecule has 1 aliphatic carbocycles. The summed E-state index contributed by atoms with van der Waals surface area (Å²) in [5.41, 5.74) is -0.0921. The van der Waals surface area contributed by atoms with E-state index in [1.807, 2.05) is 6.92 Å². The van der Waals surface area contributed by atoms with Crippen molar-refractivity contribution in [3.05, 3.63) is 12.4 Å². The van der Waals surface area contributed by atoms with Gasteiger partial charge in [0.2, 0.25) is 10.0 Å². The number of nitrogens with one attached hydrogen (secondary N) is 1. The second-order valence-corrected chi connectivity index (χ2v) is 8.64. The van der Waals surface area contributed by atoms with Crippen LogP contribution in [0.1, 0.15) is 27.2 Å². The number of aryl methyl sites for hydroxylation is 1. The zero-order chi connectivity index (χ0) is 16.7. The zero-order valence-electron chi connectivity index (χ0n) is 14.0. The van der Waals surface area contributed by atoms with Crippen molar-refractivity contribution in [3.63, 3.8) is 0 Å². The lowest BCUT2D eigenvalue weighted by atomic mass is 9.62. The monoisotopic (exact) mass is 342 g/mol. The van der Waals surface area contributed by atoms with E-state index in [0.717, 1.165) is 32.7 Å². The van der Waals surface area contributed by atoms with Gasteiger partial charge in [-0.25, -0.2) is 13.1 Å². The van der Waals surface area contributed by atoms with Crippen LogP contribution in [0.2, 0.25) is 0 Å². The molecule has 1 aliphatic heterocycles. The van der Waals surface area contributed by atoms with Crippen LogP contribution in [-0.2, 0) is 21.3 Å². The Bertz CT molecular complexity index is 649. The maximum absolute atomic E-state index is 12.5. The average molecular weight is 342 g/mol. The lowest BCUT2D eigenvalue weighted by molar-refractivity contribution is -0.0721. The molecule has 8 heteroatoms. The highest BCUT2D eigenvalue weighted by Crippen LogP contribution is 2.44. The fourth-order valence-corrected chi connectivity index (χ4v) is 4.88. The predicted molar refractivity (Wildman–Crippen MR) is 86.6 cm³/mol. The van der Waals surface area contributed by atoms with Crippen LogP contribution < -0.4 is 4.72 Å². The SMILES string of the molecule is CCn1cc(S(=O)(=O)NC2CC(N3CCOCC3)C2(C)C)cn1. The van der Waals surface area contributed by atoms with E-state index < -0.39 is 10.0 Å². The molecule has 2 unspecified atom stereocenters. The molecule has 1 saturated heterocycles. The summed E-state index contributed by atoms with van der Waals surface area (Å²) < 4.78 is 35.0. The first-order valence-electron chi connectivity index (χ1n) is 8.21. The van der Waals surface area contributed by atoms with Crippen molar-refractivity contribution in [2.75, 3.05) is 26.3 Å². The summed E-state index contributed by atoms with van der Waals surface area (Å²) in [6.45, 7) is 10.2. The smallest absolute Gasteiger partial charge is 0.243 e. The van der Waals surface area contributed by atoms with Crippen LogP contribution in [0.25, 0.3) is 0 Å². The molecular formula is C15H26N4O3S. The van der Waals surface area contributed by atoms with Crippen LogP contribution in [0.5, 0.6) is 0 Å². The molecule has 0 bridgehead atoms. The first kappa shape index (κ1) is 16.9. The Morgan fingerprint density at radius 2 is 2.09 bits per heavy atom. The molecule has 1 saturated carbocycles. The molecule has 3 rings (SSSR count). The van der Waals surface area contributed by atoms with Gasteiger partial charge in [0, 0.05) is 37.9 Å². The minimum Gasteiger partial charge on any atom is -0.379 e. The Labute approximate surface area is 138 Å². The fraction of sp³-hybridized carbons (Fsp3) is 0.800. The molecule has 1 N–H and O–H groups in total.